The molecule has 0 aliphatic carbocycles. The van der Waals surface area contributed by atoms with Crippen LogP contribution in [0.1, 0.15) is 40.0 Å². The van der Waals surface area contributed by atoms with Gasteiger partial charge in [0.1, 0.15) is 0 Å². The Balaban J connectivity index is 1.90. The number of hydrogen-bond acceptors (Lipinski definition) is 3. The van der Waals surface area contributed by atoms with Crippen LogP contribution >= 0.6 is 0 Å². The van der Waals surface area contributed by atoms with E-state index in [4.69, 9.17) is 10.5 Å². The van der Waals surface area contributed by atoms with E-state index in [0.29, 0.717) is 24.1 Å². The summed E-state index contributed by atoms with van der Waals surface area (Å²) in [5.41, 5.74) is 6.14. The maximum atomic E-state index is 6.14. The summed E-state index contributed by atoms with van der Waals surface area (Å²) in [6.07, 6.45) is 4.04. The Labute approximate surface area is 106 Å². The highest BCUT2D eigenvalue weighted by Gasteiger charge is 2.34. The summed E-state index contributed by atoms with van der Waals surface area (Å²) in [4.78, 5) is 2.63. The van der Waals surface area contributed by atoms with E-state index in [1.54, 1.807) is 0 Å². The van der Waals surface area contributed by atoms with Crippen LogP contribution < -0.4 is 5.73 Å². The molecule has 100 valence electrons. The zero-order valence-electron chi connectivity index (χ0n) is 11.6. The first-order valence-electron chi connectivity index (χ1n) is 7.24. The number of nitrogens with zero attached hydrogens (tertiary/aromatic N) is 1. The summed E-state index contributed by atoms with van der Waals surface area (Å²) >= 11 is 0. The van der Waals surface area contributed by atoms with Crippen molar-refractivity contribution in [1.29, 1.82) is 0 Å². The molecule has 0 bridgehead atoms. The van der Waals surface area contributed by atoms with Crippen LogP contribution in [0.15, 0.2) is 0 Å². The van der Waals surface area contributed by atoms with Gasteiger partial charge in [0.25, 0.3) is 0 Å². The number of likely N-dealkylation sites (tertiary alicyclic amines) is 1. The number of hydrogen-bond donors (Lipinski definition) is 1. The predicted octanol–water partition coefficient (Wildman–Crippen LogP) is 1.86. The van der Waals surface area contributed by atoms with E-state index in [1.807, 2.05) is 0 Å². The lowest BCUT2D eigenvalue weighted by Crippen LogP contribution is -2.53. The van der Waals surface area contributed by atoms with Crippen LogP contribution in [0.2, 0.25) is 0 Å². The van der Waals surface area contributed by atoms with Crippen molar-refractivity contribution in [1.82, 2.24) is 4.90 Å². The molecule has 0 spiro atoms. The molecular weight excluding hydrogens is 212 g/mol. The molecule has 2 aliphatic rings. The Morgan fingerprint density at radius 3 is 2.76 bits per heavy atom. The molecule has 2 aliphatic heterocycles. The quantitative estimate of drug-likeness (QED) is 0.818. The number of rotatable bonds is 3. The molecule has 3 nitrogen and oxygen atoms in total. The van der Waals surface area contributed by atoms with Gasteiger partial charge in [0.15, 0.2) is 0 Å². The van der Waals surface area contributed by atoms with Crippen LogP contribution in [0.3, 0.4) is 0 Å². The molecule has 2 rings (SSSR count). The fourth-order valence-corrected chi connectivity index (χ4v) is 3.38. The summed E-state index contributed by atoms with van der Waals surface area (Å²) in [5, 5.41) is 0. The topological polar surface area (TPSA) is 38.5 Å². The molecule has 2 heterocycles. The van der Waals surface area contributed by atoms with Crippen LogP contribution in [0.5, 0.6) is 0 Å². The number of nitrogens with two attached hydrogens (primary N) is 1. The van der Waals surface area contributed by atoms with Gasteiger partial charge in [-0.15, -0.1) is 0 Å². The van der Waals surface area contributed by atoms with Crippen LogP contribution in [-0.4, -0.2) is 42.8 Å². The van der Waals surface area contributed by atoms with E-state index in [9.17, 15) is 0 Å². The first-order chi connectivity index (χ1) is 8.13. The van der Waals surface area contributed by atoms with Crippen LogP contribution in [0.4, 0.5) is 0 Å². The lowest BCUT2D eigenvalue weighted by atomic mass is 9.86. The van der Waals surface area contributed by atoms with E-state index in [0.717, 1.165) is 25.4 Å². The molecule has 3 heteroatoms. The third-order valence-electron chi connectivity index (χ3n) is 4.98. The van der Waals surface area contributed by atoms with Crippen molar-refractivity contribution < 1.29 is 4.74 Å². The van der Waals surface area contributed by atoms with Gasteiger partial charge in [-0.2, -0.15) is 0 Å². The normalized spacial score (nSPS) is 44.1. The molecule has 2 N–H and O–H groups in total. The molecular formula is C14H28N2O. The largest absolute Gasteiger partial charge is 0.378 e. The summed E-state index contributed by atoms with van der Waals surface area (Å²) in [5.74, 6) is 1.36. The predicted molar refractivity (Wildman–Crippen MR) is 70.9 cm³/mol. The highest BCUT2D eigenvalue weighted by Crippen LogP contribution is 2.28. The van der Waals surface area contributed by atoms with E-state index >= 15 is 0 Å². The lowest BCUT2D eigenvalue weighted by molar-refractivity contribution is 0.0455. The standard InChI is InChI=1S/C14H28N2O/c1-4-14-12(6-8-17-14)9-16-7-5-13(15)10(2)11(16)3/h10-14H,4-9,15H2,1-3H3. The smallest absolute Gasteiger partial charge is 0.0613 e. The zero-order valence-corrected chi connectivity index (χ0v) is 11.6. The first kappa shape index (κ1) is 13.3. The van der Waals surface area contributed by atoms with Gasteiger partial charge in [0.2, 0.25) is 0 Å². The van der Waals surface area contributed by atoms with Crippen molar-refractivity contribution in [2.75, 3.05) is 19.7 Å². The molecule has 0 saturated carbocycles. The van der Waals surface area contributed by atoms with Gasteiger partial charge in [-0.05, 0) is 44.6 Å². The average Bonchev–Trinajstić information content (AvgIpc) is 2.77. The van der Waals surface area contributed by atoms with Gasteiger partial charge in [0.05, 0.1) is 6.10 Å². The lowest BCUT2D eigenvalue weighted by Gasteiger charge is -2.42. The average molecular weight is 240 g/mol. The third kappa shape index (κ3) is 2.83. The fourth-order valence-electron chi connectivity index (χ4n) is 3.38. The highest BCUT2D eigenvalue weighted by atomic mass is 16.5. The van der Waals surface area contributed by atoms with Crippen molar-refractivity contribution >= 4 is 0 Å². The summed E-state index contributed by atoms with van der Waals surface area (Å²) in [6, 6.07) is 1.01. The summed E-state index contributed by atoms with van der Waals surface area (Å²) in [7, 11) is 0. The van der Waals surface area contributed by atoms with Crippen LogP contribution in [-0.2, 0) is 4.74 Å². The molecule has 2 saturated heterocycles. The van der Waals surface area contributed by atoms with Crippen LogP contribution in [0.25, 0.3) is 0 Å². The second-order valence-corrected chi connectivity index (χ2v) is 5.91. The summed E-state index contributed by atoms with van der Waals surface area (Å²) < 4.78 is 5.79. The number of ether oxygens (including phenoxy) is 1. The van der Waals surface area contributed by atoms with Crippen molar-refractivity contribution in [2.24, 2.45) is 17.6 Å². The van der Waals surface area contributed by atoms with E-state index in [-0.39, 0.29) is 0 Å². The monoisotopic (exact) mass is 240 g/mol. The van der Waals surface area contributed by atoms with E-state index in [1.165, 1.54) is 19.5 Å². The van der Waals surface area contributed by atoms with Crippen molar-refractivity contribution in [3.8, 4) is 0 Å². The van der Waals surface area contributed by atoms with E-state index < -0.39 is 0 Å². The minimum absolute atomic E-state index is 0.392. The Hall–Kier alpha value is -0.120. The Morgan fingerprint density at radius 1 is 1.29 bits per heavy atom. The van der Waals surface area contributed by atoms with Gasteiger partial charge < -0.3 is 10.5 Å². The molecule has 0 aromatic heterocycles. The Bertz CT molecular complexity index is 246. The minimum Gasteiger partial charge on any atom is -0.378 e. The third-order valence-corrected chi connectivity index (χ3v) is 4.98. The summed E-state index contributed by atoms with van der Waals surface area (Å²) in [6.45, 7) is 10.2. The van der Waals surface area contributed by atoms with E-state index in [2.05, 4.69) is 25.7 Å². The molecule has 2 fully saturated rings. The fraction of sp³-hybridized carbons (Fsp3) is 1.00. The minimum atomic E-state index is 0.392. The van der Waals surface area contributed by atoms with Crippen LogP contribution in [0, 0.1) is 11.8 Å². The van der Waals surface area contributed by atoms with Crippen molar-refractivity contribution in [2.45, 2.75) is 58.2 Å². The number of piperidine rings is 1. The van der Waals surface area contributed by atoms with Crippen molar-refractivity contribution in [3.63, 3.8) is 0 Å². The van der Waals surface area contributed by atoms with Crippen molar-refractivity contribution in [3.05, 3.63) is 0 Å². The van der Waals surface area contributed by atoms with Gasteiger partial charge in [0, 0.05) is 25.2 Å². The molecule has 0 amide bonds. The van der Waals surface area contributed by atoms with Gasteiger partial charge >= 0.3 is 0 Å². The highest BCUT2D eigenvalue weighted by molar-refractivity contribution is 4.89. The Kier molecular flexibility index (Phi) is 4.45. The second kappa shape index (κ2) is 5.68. The molecule has 5 atom stereocenters. The van der Waals surface area contributed by atoms with Gasteiger partial charge in [-0.25, -0.2) is 0 Å². The second-order valence-electron chi connectivity index (χ2n) is 5.91. The SMILES string of the molecule is CCC1OCCC1CN1CCC(N)C(C)C1C. The molecule has 5 unspecified atom stereocenters. The first-order valence-corrected chi connectivity index (χ1v) is 7.24. The van der Waals surface area contributed by atoms with Gasteiger partial charge in [-0.3, -0.25) is 4.90 Å². The molecule has 0 radical (unpaired) electrons. The molecule has 0 aromatic carbocycles. The maximum Gasteiger partial charge on any atom is 0.0613 e. The zero-order chi connectivity index (χ0) is 12.4. The molecule has 0 aromatic rings. The maximum absolute atomic E-state index is 6.14. The van der Waals surface area contributed by atoms with Gasteiger partial charge in [-0.1, -0.05) is 13.8 Å². The Morgan fingerprint density at radius 2 is 2.06 bits per heavy atom. The molecule has 17 heavy (non-hydrogen) atoms.